The van der Waals surface area contributed by atoms with E-state index in [9.17, 15) is 19.0 Å². The summed E-state index contributed by atoms with van der Waals surface area (Å²) in [5.74, 6) is -1.01. The Balaban J connectivity index is 2.07. The van der Waals surface area contributed by atoms with Gasteiger partial charge in [0.05, 0.1) is 12.5 Å². The van der Waals surface area contributed by atoms with E-state index < -0.39 is 31.0 Å². The van der Waals surface area contributed by atoms with Crippen molar-refractivity contribution in [2.24, 2.45) is 5.92 Å². The Hall–Kier alpha value is -2.70. The molecule has 174 valence electrons. The van der Waals surface area contributed by atoms with Crippen LogP contribution in [-0.4, -0.2) is 40.3 Å². The highest BCUT2D eigenvalue weighted by molar-refractivity contribution is 7.57. The predicted molar refractivity (Wildman–Crippen MR) is 123 cm³/mol. The first-order chi connectivity index (χ1) is 15.0. The van der Waals surface area contributed by atoms with Crippen molar-refractivity contribution in [3.8, 4) is 0 Å². The molecule has 0 bridgehead atoms. The van der Waals surface area contributed by atoms with E-state index >= 15 is 0 Å². The van der Waals surface area contributed by atoms with Crippen LogP contribution in [-0.2, 0) is 31.4 Å². The number of carbonyl (C=O) groups is 2. The number of nitrogens with one attached hydrogen (secondary N) is 1. The molecule has 1 amide bonds. The average molecular weight is 462 g/mol. The molecule has 0 radical (unpaired) electrons. The molecule has 1 heterocycles. The maximum absolute atomic E-state index is 12.9. The fraction of sp³-hybridized carbons (Fsp3) is 0.435. The van der Waals surface area contributed by atoms with Gasteiger partial charge < -0.3 is 14.4 Å². The first-order valence-electron chi connectivity index (χ1n) is 10.4. The monoisotopic (exact) mass is 462 g/mol. The minimum Gasteiger partial charge on any atom is -0.466 e. The van der Waals surface area contributed by atoms with Gasteiger partial charge in [-0.2, -0.15) is 0 Å². The molecule has 1 aromatic carbocycles. The molecule has 0 aliphatic heterocycles. The van der Waals surface area contributed by atoms with Crippen LogP contribution in [0.4, 0.5) is 10.6 Å². The summed E-state index contributed by atoms with van der Waals surface area (Å²) in [5.41, 5.74) is 0.784. The van der Waals surface area contributed by atoms with E-state index in [4.69, 9.17) is 9.47 Å². The average Bonchev–Trinajstić information content (AvgIpc) is 2.68. The normalized spacial score (nSPS) is 14.2. The number of anilines is 1. The highest BCUT2D eigenvalue weighted by Gasteiger charge is 2.30. The molecule has 0 fully saturated rings. The van der Waals surface area contributed by atoms with Crippen molar-refractivity contribution in [3.05, 3.63) is 59.8 Å². The lowest BCUT2D eigenvalue weighted by Crippen LogP contribution is -2.27. The van der Waals surface area contributed by atoms with Crippen molar-refractivity contribution in [2.45, 2.75) is 45.9 Å². The third kappa shape index (κ3) is 9.20. The molecule has 0 aliphatic rings. The Bertz CT molecular complexity index is 941. The minimum atomic E-state index is -3.63. The van der Waals surface area contributed by atoms with E-state index in [1.165, 1.54) is 6.20 Å². The Kier molecular flexibility index (Phi) is 8.99. The number of pyridine rings is 1. The molecule has 2 aromatic rings. The summed E-state index contributed by atoms with van der Waals surface area (Å²) in [6, 6.07) is 12.3. The molecule has 0 saturated heterocycles. The van der Waals surface area contributed by atoms with Crippen LogP contribution in [0.1, 0.15) is 38.8 Å². The molecule has 9 heteroatoms. The van der Waals surface area contributed by atoms with Crippen molar-refractivity contribution in [1.29, 1.82) is 0 Å². The lowest BCUT2D eigenvalue weighted by atomic mass is 10.0. The van der Waals surface area contributed by atoms with Crippen molar-refractivity contribution >= 4 is 25.2 Å². The van der Waals surface area contributed by atoms with Gasteiger partial charge in [-0.1, -0.05) is 36.4 Å². The number of esters is 1. The molecular weight excluding hydrogens is 431 g/mol. The Morgan fingerprint density at radius 3 is 2.38 bits per heavy atom. The van der Waals surface area contributed by atoms with Gasteiger partial charge >= 0.3 is 12.1 Å². The lowest BCUT2D eigenvalue weighted by molar-refractivity contribution is -0.147. The molecular formula is C23H31N2O6P. The number of nitrogens with zero attached hydrogens (tertiary/aromatic N) is 1. The van der Waals surface area contributed by atoms with Crippen LogP contribution >= 0.6 is 7.37 Å². The van der Waals surface area contributed by atoms with E-state index in [1.807, 2.05) is 6.07 Å². The van der Waals surface area contributed by atoms with E-state index in [-0.39, 0.29) is 25.4 Å². The summed E-state index contributed by atoms with van der Waals surface area (Å²) in [7, 11) is -3.63. The molecule has 32 heavy (non-hydrogen) atoms. The van der Waals surface area contributed by atoms with Crippen LogP contribution in [0.15, 0.2) is 48.7 Å². The van der Waals surface area contributed by atoms with Gasteiger partial charge in [-0.15, -0.1) is 0 Å². The molecule has 2 rings (SSSR count). The minimum absolute atomic E-state index is 0.0132. The Morgan fingerprint density at radius 1 is 1.12 bits per heavy atom. The number of hydrogen-bond donors (Lipinski definition) is 2. The first kappa shape index (κ1) is 25.6. The summed E-state index contributed by atoms with van der Waals surface area (Å²) >= 11 is 0. The van der Waals surface area contributed by atoms with Crippen LogP contribution in [0.25, 0.3) is 0 Å². The van der Waals surface area contributed by atoms with Crippen molar-refractivity contribution in [3.63, 3.8) is 0 Å². The van der Waals surface area contributed by atoms with Gasteiger partial charge in [-0.05, 0) is 51.3 Å². The van der Waals surface area contributed by atoms with E-state index in [0.717, 1.165) is 5.56 Å². The van der Waals surface area contributed by atoms with Crippen molar-refractivity contribution < 1.29 is 28.5 Å². The van der Waals surface area contributed by atoms with Gasteiger partial charge in [0.1, 0.15) is 11.4 Å². The zero-order chi connectivity index (χ0) is 23.8. The molecule has 8 nitrogen and oxygen atoms in total. The quantitative estimate of drug-likeness (QED) is 0.413. The Morgan fingerprint density at radius 2 is 1.81 bits per heavy atom. The summed E-state index contributed by atoms with van der Waals surface area (Å²) in [6.45, 7) is 7.15. The first-order valence-corrected chi connectivity index (χ1v) is 12.5. The van der Waals surface area contributed by atoms with Crippen LogP contribution in [0, 0.1) is 5.92 Å². The van der Waals surface area contributed by atoms with Crippen LogP contribution < -0.4 is 5.32 Å². The number of ether oxygens (including phenoxy) is 2. The smallest absolute Gasteiger partial charge is 0.413 e. The largest absolute Gasteiger partial charge is 0.466 e. The number of rotatable bonds is 9. The highest BCUT2D eigenvalue weighted by Crippen LogP contribution is 2.46. The van der Waals surface area contributed by atoms with Gasteiger partial charge in [-0.25, -0.2) is 9.78 Å². The second-order valence-electron chi connectivity index (χ2n) is 8.50. The molecule has 2 unspecified atom stereocenters. The third-order valence-electron chi connectivity index (χ3n) is 4.33. The molecule has 2 N–H and O–H groups in total. The zero-order valence-corrected chi connectivity index (χ0v) is 19.8. The number of carbonyl (C=O) groups excluding carboxylic acids is 2. The third-order valence-corrected chi connectivity index (χ3v) is 6.20. The summed E-state index contributed by atoms with van der Waals surface area (Å²) in [5, 5.41) is 2.54. The SMILES string of the molecule is CCOC(=O)C(Cc1ccc(NC(=O)OC(C)(C)C)nc1)CP(=O)(O)Cc1ccccc1. The summed E-state index contributed by atoms with van der Waals surface area (Å²) in [6.07, 6.45) is 0.875. The van der Waals surface area contributed by atoms with Crippen LogP contribution in [0.3, 0.4) is 0 Å². The number of hydrogen-bond acceptors (Lipinski definition) is 6. The maximum Gasteiger partial charge on any atom is 0.413 e. The van der Waals surface area contributed by atoms with E-state index in [0.29, 0.717) is 11.4 Å². The zero-order valence-electron chi connectivity index (χ0n) is 18.9. The van der Waals surface area contributed by atoms with Crippen molar-refractivity contribution in [1.82, 2.24) is 4.98 Å². The second-order valence-corrected chi connectivity index (χ2v) is 10.9. The van der Waals surface area contributed by atoms with Crippen molar-refractivity contribution in [2.75, 3.05) is 18.1 Å². The van der Waals surface area contributed by atoms with E-state index in [2.05, 4.69) is 10.3 Å². The van der Waals surface area contributed by atoms with Crippen LogP contribution in [0.2, 0.25) is 0 Å². The molecule has 1 aromatic heterocycles. The number of aromatic nitrogens is 1. The second kappa shape index (κ2) is 11.2. The van der Waals surface area contributed by atoms with Gasteiger partial charge in [0.2, 0.25) is 7.37 Å². The molecule has 0 aliphatic carbocycles. The highest BCUT2D eigenvalue weighted by atomic mass is 31.2. The number of amides is 1. The molecule has 0 saturated carbocycles. The fourth-order valence-corrected chi connectivity index (χ4v) is 4.95. The predicted octanol–water partition coefficient (Wildman–Crippen LogP) is 4.62. The van der Waals surface area contributed by atoms with E-state index in [1.54, 1.807) is 64.1 Å². The maximum atomic E-state index is 12.9. The van der Waals surface area contributed by atoms with Gasteiger partial charge in [0, 0.05) is 18.5 Å². The molecule has 2 atom stereocenters. The number of benzene rings is 1. The van der Waals surface area contributed by atoms with Gasteiger partial charge in [0.15, 0.2) is 0 Å². The summed E-state index contributed by atoms with van der Waals surface area (Å²) < 4.78 is 23.2. The molecule has 0 spiro atoms. The fourth-order valence-electron chi connectivity index (χ4n) is 3.07. The lowest BCUT2D eigenvalue weighted by Gasteiger charge is -2.20. The van der Waals surface area contributed by atoms with Gasteiger partial charge in [0.25, 0.3) is 0 Å². The van der Waals surface area contributed by atoms with Gasteiger partial charge in [-0.3, -0.25) is 14.7 Å². The summed E-state index contributed by atoms with van der Waals surface area (Å²) in [4.78, 5) is 39.1. The van der Waals surface area contributed by atoms with Crippen LogP contribution in [0.5, 0.6) is 0 Å². The standard InChI is InChI=1S/C23H31N2O6P/c1-5-30-21(26)19(16-32(28,29)15-17-9-7-6-8-10-17)13-18-11-12-20(24-14-18)25-22(27)31-23(2,3)4/h6-12,14,19H,5,13,15-16H2,1-4H3,(H,28,29)(H,24,25,27). The topological polar surface area (TPSA) is 115 Å². The Labute approximate surface area is 188 Å².